The fourth-order valence-electron chi connectivity index (χ4n) is 3.88. The molecule has 1 amide bonds. The van der Waals surface area contributed by atoms with E-state index in [1.165, 1.54) is 15.8 Å². The van der Waals surface area contributed by atoms with Crippen LogP contribution in [-0.4, -0.2) is 56.1 Å². The maximum Gasteiger partial charge on any atom is 0.223 e. The molecule has 1 aliphatic heterocycles. The first-order valence-corrected chi connectivity index (χ1v) is 12.9. The van der Waals surface area contributed by atoms with E-state index in [2.05, 4.69) is 30.9 Å². The van der Waals surface area contributed by atoms with Crippen LogP contribution in [0.4, 0.5) is 5.13 Å². The third kappa shape index (κ3) is 4.75. The number of anilines is 1. The van der Waals surface area contributed by atoms with Crippen molar-refractivity contribution in [2.75, 3.05) is 36.8 Å². The summed E-state index contributed by atoms with van der Waals surface area (Å²) in [5, 5.41) is 0.984. The molecule has 8 heteroatoms. The standard InChI is InChI=1S/C23H27N3O3S2/c1-16-4-6-19(7-5-16)31(28,29)13-8-21(27)25-9-11-26(12-10-25)23-24-22-18(3)14-17(2)15-20(22)30-23/h4-7,14-15H,8-13H2,1-3H3. The van der Waals surface area contributed by atoms with Crippen molar-refractivity contribution in [2.45, 2.75) is 32.1 Å². The molecule has 0 aliphatic carbocycles. The van der Waals surface area contributed by atoms with Crippen LogP contribution in [-0.2, 0) is 14.6 Å². The van der Waals surface area contributed by atoms with Crippen LogP contribution in [0, 0.1) is 20.8 Å². The zero-order valence-corrected chi connectivity index (χ0v) is 19.7. The number of benzene rings is 2. The van der Waals surface area contributed by atoms with Gasteiger partial charge in [-0.2, -0.15) is 0 Å². The minimum Gasteiger partial charge on any atom is -0.345 e. The van der Waals surface area contributed by atoms with E-state index >= 15 is 0 Å². The van der Waals surface area contributed by atoms with Gasteiger partial charge in [0.15, 0.2) is 15.0 Å². The van der Waals surface area contributed by atoms with Crippen molar-refractivity contribution >= 4 is 42.4 Å². The average molecular weight is 458 g/mol. The number of hydrogen-bond donors (Lipinski definition) is 0. The van der Waals surface area contributed by atoms with Crippen LogP contribution in [0.25, 0.3) is 10.2 Å². The summed E-state index contributed by atoms with van der Waals surface area (Å²) in [6.45, 7) is 8.66. The third-order valence-electron chi connectivity index (χ3n) is 5.69. The summed E-state index contributed by atoms with van der Waals surface area (Å²) in [6.07, 6.45) is 0.00974. The number of amides is 1. The maximum atomic E-state index is 12.6. The van der Waals surface area contributed by atoms with E-state index in [1.54, 1.807) is 40.5 Å². The van der Waals surface area contributed by atoms with Crippen molar-refractivity contribution in [3.8, 4) is 0 Å². The molecule has 164 valence electrons. The van der Waals surface area contributed by atoms with Crippen LogP contribution in [0.15, 0.2) is 41.3 Å². The Balaban J connectivity index is 1.35. The minimum absolute atomic E-state index is 0.00974. The van der Waals surface area contributed by atoms with Gasteiger partial charge in [0.1, 0.15) is 0 Å². The first-order valence-electron chi connectivity index (χ1n) is 10.4. The molecule has 0 radical (unpaired) electrons. The van der Waals surface area contributed by atoms with Gasteiger partial charge in [-0.1, -0.05) is 35.1 Å². The Morgan fingerprint density at radius 3 is 2.35 bits per heavy atom. The predicted molar refractivity (Wildman–Crippen MR) is 126 cm³/mol. The molecule has 1 saturated heterocycles. The number of carbonyl (C=O) groups excluding carboxylic acids is 1. The normalized spacial score (nSPS) is 14.9. The lowest BCUT2D eigenvalue weighted by Gasteiger charge is -2.34. The van der Waals surface area contributed by atoms with Gasteiger partial charge in [-0.15, -0.1) is 0 Å². The number of hydrogen-bond acceptors (Lipinski definition) is 6. The molecule has 0 unspecified atom stereocenters. The molecule has 3 aromatic rings. The summed E-state index contributed by atoms with van der Waals surface area (Å²) in [5.74, 6) is -0.267. The van der Waals surface area contributed by atoms with E-state index in [9.17, 15) is 13.2 Å². The monoisotopic (exact) mass is 457 g/mol. The van der Waals surface area contributed by atoms with Crippen molar-refractivity contribution in [1.29, 1.82) is 0 Å². The second-order valence-electron chi connectivity index (χ2n) is 8.17. The van der Waals surface area contributed by atoms with Gasteiger partial charge in [0, 0.05) is 32.6 Å². The van der Waals surface area contributed by atoms with Gasteiger partial charge in [0.2, 0.25) is 5.91 Å². The molecule has 0 saturated carbocycles. The second kappa shape index (κ2) is 8.59. The highest BCUT2D eigenvalue weighted by molar-refractivity contribution is 7.91. The maximum absolute atomic E-state index is 12.6. The number of thiazole rings is 1. The van der Waals surface area contributed by atoms with E-state index in [-0.39, 0.29) is 23.0 Å². The highest BCUT2D eigenvalue weighted by Crippen LogP contribution is 2.32. The Morgan fingerprint density at radius 1 is 1.00 bits per heavy atom. The van der Waals surface area contributed by atoms with Gasteiger partial charge in [-0.05, 0) is 50.1 Å². The molecule has 4 rings (SSSR count). The molecular formula is C23H27N3O3S2. The van der Waals surface area contributed by atoms with Gasteiger partial charge in [-0.25, -0.2) is 13.4 Å². The van der Waals surface area contributed by atoms with E-state index < -0.39 is 9.84 Å². The lowest BCUT2D eigenvalue weighted by atomic mass is 10.1. The topological polar surface area (TPSA) is 70.6 Å². The Morgan fingerprint density at radius 2 is 1.68 bits per heavy atom. The van der Waals surface area contributed by atoms with Gasteiger partial charge in [-0.3, -0.25) is 4.79 Å². The number of nitrogens with zero attached hydrogens (tertiary/aromatic N) is 3. The van der Waals surface area contributed by atoms with Crippen molar-refractivity contribution in [3.05, 3.63) is 53.1 Å². The van der Waals surface area contributed by atoms with E-state index in [4.69, 9.17) is 4.98 Å². The smallest absolute Gasteiger partial charge is 0.223 e. The molecule has 0 spiro atoms. The molecule has 2 aromatic carbocycles. The predicted octanol–water partition coefficient (Wildman–Crippen LogP) is 3.73. The van der Waals surface area contributed by atoms with Crippen LogP contribution in [0.5, 0.6) is 0 Å². The summed E-state index contributed by atoms with van der Waals surface area (Å²) >= 11 is 1.69. The summed E-state index contributed by atoms with van der Waals surface area (Å²) in [4.78, 5) is 21.7. The largest absolute Gasteiger partial charge is 0.345 e. The quantitative estimate of drug-likeness (QED) is 0.584. The second-order valence-corrected chi connectivity index (χ2v) is 11.3. The molecule has 6 nitrogen and oxygen atoms in total. The number of fused-ring (bicyclic) bond motifs is 1. The van der Waals surface area contributed by atoms with E-state index in [0.717, 1.165) is 16.2 Å². The lowest BCUT2D eigenvalue weighted by molar-refractivity contribution is -0.131. The fourth-order valence-corrected chi connectivity index (χ4v) is 6.31. The lowest BCUT2D eigenvalue weighted by Crippen LogP contribution is -2.49. The summed E-state index contributed by atoms with van der Waals surface area (Å²) < 4.78 is 26.2. The van der Waals surface area contributed by atoms with Crippen molar-refractivity contribution < 1.29 is 13.2 Å². The molecule has 31 heavy (non-hydrogen) atoms. The number of sulfone groups is 1. The van der Waals surface area contributed by atoms with E-state index in [1.807, 2.05) is 6.92 Å². The molecule has 1 fully saturated rings. The number of carbonyl (C=O) groups is 1. The van der Waals surface area contributed by atoms with Gasteiger partial charge in [0.05, 0.1) is 20.9 Å². The first kappa shape index (κ1) is 21.8. The number of aromatic nitrogens is 1. The van der Waals surface area contributed by atoms with Crippen molar-refractivity contribution in [2.24, 2.45) is 0 Å². The van der Waals surface area contributed by atoms with Gasteiger partial charge >= 0.3 is 0 Å². The van der Waals surface area contributed by atoms with Gasteiger partial charge in [0.25, 0.3) is 0 Å². The zero-order valence-electron chi connectivity index (χ0n) is 18.1. The number of aryl methyl sites for hydroxylation is 3. The minimum atomic E-state index is -3.45. The summed E-state index contributed by atoms with van der Waals surface area (Å²) in [7, 11) is -3.45. The molecule has 0 atom stereocenters. The molecular weight excluding hydrogens is 430 g/mol. The molecule has 0 bridgehead atoms. The van der Waals surface area contributed by atoms with Crippen LogP contribution in [0.3, 0.4) is 0 Å². The Kier molecular flexibility index (Phi) is 6.03. The SMILES string of the molecule is Cc1ccc(S(=O)(=O)CCC(=O)N2CCN(c3nc4c(C)cc(C)cc4s3)CC2)cc1. The highest BCUT2D eigenvalue weighted by Gasteiger charge is 2.25. The molecule has 1 aromatic heterocycles. The van der Waals surface area contributed by atoms with Crippen LogP contribution >= 0.6 is 11.3 Å². The zero-order chi connectivity index (χ0) is 22.2. The Labute approximate surface area is 187 Å². The van der Waals surface area contributed by atoms with Gasteiger partial charge < -0.3 is 9.80 Å². The average Bonchev–Trinajstić information content (AvgIpc) is 3.17. The molecule has 1 aliphatic rings. The Bertz CT molecular complexity index is 1210. The van der Waals surface area contributed by atoms with Crippen LogP contribution in [0.2, 0.25) is 0 Å². The summed E-state index contributed by atoms with van der Waals surface area (Å²) in [6, 6.07) is 11.1. The van der Waals surface area contributed by atoms with Crippen LogP contribution < -0.4 is 4.90 Å². The molecule has 2 heterocycles. The number of piperazine rings is 1. The van der Waals surface area contributed by atoms with Crippen molar-refractivity contribution in [3.63, 3.8) is 0 Å². The Hall–Kier alpha value is -2.45. The number of rotatable bonds is 5. The first-order chi connectivity index (χ1) is 14.7. The molecule has 0 N–H and O–H groups in total. The highest BCUT2D eigenvalue weighted by atomic mass is 32.2. The summed E-state index contributed by atoms with van der Waals surface area (Å²) in [5.41, 5.74) is 4.47. The third-order valence-corrected chi connectivity index (χ3v) is 8.48. The van der Waals surface area contributed by atoms with Crippen LogP contribution in [0.1, 0.15) is 23.1 Å². The van der Waals surface area contributed by atoms with Crippen molar-refractivity contribution in [1.82, 2.24) is 9.88 Å². The fraction of sp³-hybridized carbons (Fsp3) is 0.391. The van der Waals surface area contributed by atoms with E-state index in [0.29, 0.717) is 26.2 Å².